The second kappa shape index (κ2) is 5.74. The number of carboxylic acids is 1. The van der Waals surface area contributed by atoms with Crippen molar-refractivity contribution in [3.8, 4) is 0 Å². The number of hydrogen-bond donors (Lipinski definition) is 1. The number of aromatic carboxylic acids is 1. The lowest BCUT2D eigenvalue weighted by molar-refractivity contribution is 0.0687. The number of hydrogen-bond acceptors (Lipinski definition) is 6. The Morgan fingerprint density at radius 2 is 1.85 bits per heavy atom. The molecule has 2 aromatic rings. The number of rotatable bonds is 4. The fourth-order valence-corrected chi connectivity index (χ4v) is 2.38. The molecule has 0 aliphatic carbocycles. The van der Waals surface area contributed by atoms with Crippen LogP contribution in [-0.2, 0) is 6.54 Å². The van der Waals surface area contributed by atoms with E-state index in [0.717, 1.165) is 16.1 Å². The van der Waals surface area contributed by atoms with Gasteiger partial charge in [-0.25, -0.2) is 19.7 Å². The third kappa shape index (κ3) is 3.15. The molecule has 0 bridgehead atoms. The molecule has 0 spiro atoms. The summed E-state index contributed by atoms with van der Waals surface area (Å²) in [6.07, 6.45) is 3.96. The van der Waals surface area contributed by atoms with Gasteiger partial charge in [0.05, 0.1) is 23.9 Å². The minimum atomic E-state index is -1.18. The normalized spacial score (nSPS) is 10.3. The minimum Gasteiger partial charge on any atom is -0.476 e. The standard InChI is InChI=1S/C12H12N4O3S/c1-7-13-3-8(20-7)6-16(2)11(17)9-4-15-10(5-14-9)12(18)19/h3-5H,6H2,1-2H3,(H,18,19). The summed E-state index contributed by atoms with van der Waals surface area (Å²) in [5, 5.41) is 9.65. The molecule has 0 saturated carbocycles. The molecule has 2 aromatic heterocycles. The summed E-state index contributed by atoms with van der Waals surface area (Å²) in [5.41, 5.74) is -0.0824. The lowest BCUT2D eigenvalue weighted by Gasteiger charge is -2.15. The van der Waals surface area contributed by atoms with E-state index in [2.05, 4.69) is 15.0 Å². The first-order chi connectivity index (χ1) is 9.47. The predicted octanol–water partition coefficient (Wildman–Crippen LogP) is 1.21. The van der Waals surface area contributed by atoms with Gasteiger partial charge in [0.1, 0.15) is 5.69 Å². The van der Waals surface area contributed by atoms with Crippen molar-refractivity contribution in [1.29, 1.82) is 0 Å². The summed E-state index contributed by atoms with van der Waals surface area (Å²) in [4.78, 5) is 36.8. The zero-order valence-corrected chi connectivity index (χ0v) is 11.7. The second-order valence-corrected chi connectivity index (χ2v) is 5.42. The Labute approximate surface area is 118 Å². The van der Waals surface area contributed by atoms with Crippen LogP contribution in [0.4, 0.5) is 0 Å². The number of nitrogens with zero attached hydrogens (tertiary/aromatic N) is 4. The Morgan fingerprint density at radius 1 is 1.20 bits per heavy atom. The van der Waals surface area contributed by atoms with Gasteiger partial charge in [0.25, 0.3) is 5.91 Å². The van der Waals surface area contributed by atoms with E-state index in [1.165, 1.54) is 22.4 Å². The fourth-order valence-electron chi connectivity index (χ4n) is 1.53. The van der Waals surface area contributed by atoms with Gasteiger partial charge in [-0.15, -0.1) is 11.3 Å². The van der Waals surface area contributed by atoms with Gasteiger partial charge in [0.2, 0.25) is 0 Å². The average Bonchev–Trinajstić information content (AvgIpc) is 2.83. The molecule has 104 valence electrons. The van der Waals surface area contributed by atoms with Gasteiger partial charge in [-0.2, -0.15) is 0 Å². The third-order valence-electron chi connectivity index (χ3n) is 2.50. The highest BCUT2D eigenvalue weighted by Gasteiger charge is 2.16. The van der Waals surface area contributed by atoms with Gasteiger partial charge in [0.15, 0.2) is 5.69 Å². The van der Waals surface area contributed by atoms with Crippen molar-refractivity contribution >= 4 is 23.2 Å². The van der Waals surface area contributed by atoms with Crippen molar-refractivity contribution in [3.63, 3.8) is 0 Å². The van der Waals surface area contributed by atoms with Crippen LogP contribution in [0, 0.1) is 6.92 Å². The second-order valence-electron chi connectivity index (χ2n) is 4.10. The predicted molar refractivity (Wildman–Crippen MR) is 71.6 cm³/mol. The van der Waals surface area contributed by atoms with E-state index < -0.39 is 5.97 Å². The zero-order valence-electron chi connectivity index (χ0n) is 10.9. The van der Waals surface area contributed by atoms with Gasteiger partial charge in [-0.3, -0.25) is 4.79 Å². The quantitative estimate of drug-likeness (QED) is 0.910. The van der Waals surface area contributed by atoms with Crippen molar-refractivity contribution in [1.82, 2.24) is 19.9 Å². The summed E-state index contributed by atoms with van der Waals surface area (Å²) >= 11 is 1.52. The summed E-state index contributed by atoms with van der Waals surface area (Å²) < 4.78 is 0. The monoisotopic (exact) mass is 292 g/mol. The Kier molecular flexibility index (Phi) is 4.04. The maximum absolute atomic E-state index is 12.1. The smallest absolute Gasteiger partial charge is 0.356 e. The van der Waals surface area contributed by atoms with Crippen molar-refractivity contribution in [2.45, 2.75) is 13.5 Å². The molecule has 1 N–H and O–H groups in total. The summed E-state index contributed by atoms with van der Waals surface area (Å²) in [6, 6.07) is 0. The number of amides is 1. The van der Waals surface area contributed by atoms with E-state index in [9.17, 15) is 9.59 Å². The molecule has 0 aliphatic heterocycles. The minimum absolute atomic E-state index is 0.110. The largest absolute Gasteiger partial charge is 0.476 e. The van der Waals surface area contributed by atoms with Crippen LogP contribution in [0.3, 0.4) is 0 Å². The molecule has 0 unspecified atom stereocenters. The summed E-state index contributed by atoms with van der Waals surface area (Å²) in [5.74, 6) is -1.49. The number of carbonyl (C=O) groups is 2. The van der Waals surface area contributed by atoms with Crippen molar-refractivity contribution in [2.75, 3.05) is 7.05 Å². The molecule has 20 heavy (non-hydrogen) atoms. The van der Waals surface area contributed by atoms with Crippen LogP contribution in [0.25, 0.3) is 0 Å². The highest BCUT2D eigenvalue weighted by Crippen LogP contribution is 2.14. The molecule has 0 atom stereocenters. The molecule has 0 aliphatic rings. The average molecular weight is 292 g/mol. The molecule has 2 heterocycles. The number of aryl methyl sites for hydroxylation is 1. The van der Waals surface area contributed by atoms with Crippen molar-refractivity contribution in [2.24, 2.45) is 0 Å². The molecule has 0 saturated heterocycles. The van der Waals surface area contributed by atoms with E-state index in [1.54, 1.807) is 13.2 Å². The van der Waals surface area contributed by atoms with Crippen LogP contribution < -0.4 is 0 Å². The van der Waals surface area contributed by atoms with E-state index in [4.69, 9.17) is 5.11 Å². The summed E-state index contributed by atoms with van der Waals surface area (Å²) in [6.45, 7) is 2.32. The number of carbonyl (C=O) groups excluding carboxylic acids is 1. The molecule has 0 radical (unpaired) electrons. The van der Waals surface area contributed by atoms with Gasteiger partial charge in [0, 0.05) is 18.1 Å². The van der Waals surface area contributed by atoms with Crippen LogP contribution in [0.2, 0.25) is 0 Å². The first kappa shape index (κ1) is 14.1. The van der Waals surface area contributed by atoms with Gasteiger partial charge in [-0.05, 0) is 6.92 Å². The van der Waals surface area contributed by atoms with Crippen LogP contribution in [0.1, 0.15) is 30.9 Å². The van der Waals surface area contributed by atoms with Crippen LogP contribution in [0.15, 0.2) is 18.6 Å². The first-order valence-corrected chi connectivity index (χ1v) is 6.51. The molecule has 7 nitrogen and oxygen atoms in total. The van der Waals surface area contributed by atoms with Crippen LogP contribution >= 0.6 is 11.3 Å². The van der Waals surface area contributed by atoms with E-state index in [-0.39, 0.29) is 17.3 Å². The lowest BCUT2D eigenvalue weighted by atomic mass is 10.3. The molecule has 0 aromatic carbocycles. The number of thiazole rings is 1. The van der Waals surface area contributed by atoms with E-state index in [1.807, 2.05) is 6.92 Å². The number of carboxylic acid groups (broad SMARTS) is 1. The fraction of sp³-hybridized carbons (Fsp3) is 0.250. The highest BCUT2D eigenvalue weighted by atomic mass is 32.1. The van der Waals surface area contributed by atoms with Crippen molar-refractivity contribution in [3.05, 3.63) is 39.9 Å². The first-order valence-electron chi connectivity index (χ1n) is 5.69. The van der Waals surface area contributed by atoms with E-state index >= 15 is 0 Å². The maximum Gasteiger partial charge on any atom is 0.356 e. The Hall–Kier alpha value is -2.35. The van der Waals surface area contributed by atoms with Gasteiger partial charge in [-0.1, -0.05) is 0 Å². The molecule has 1 amide bonds. The topological polar surface area (TPSA) is 96.3 Å². The molecule has 8 heteroatoms. The number of aromatic nitrogens is 3. The van der Waals surface area contributed by atoms with Crippen LogP contribution in [0.5, 0.6) is 0 Å². The van der Waals surface area contributed by atoms with Gasteiger partial charge >= 0.3 is 5.97 Å². The summed E-state index contributed by atoms with van der Waals surface area (Å²) in [7, 11) is 1.64. The molecular weight excluding hydrogens is 280 g/mol. The van der Waals surface area contributed by atoms with E-state index in [0.29, 0.717) is 6.54 Å². The molecule has 0 fully saturated rings. The maximum atomic E-state index is 12.1. The van der Waals surface area contributed by atoms with Crippen LogP contribution in [-0.4, -0.2) is 43.9 Å². The van der Waals surface area contributed by atoms with Gasteiger partial charge < -0.3 is 10.0 Å². The highest BCUT2D eigenvalue weighted by molar-refractivity contribution is 7.11. The SMILES string of the molecule is Cc1ncc(CN(C)C(=O)c2cnc(C(=O)O)cn2)s1. The molecular formula is C12H12N4O3S. The third-order valence-corrected chi connectivity index (χ3v) is 3.40. The molecule has 2 rings (SSSR count). The zero-order chi connectivity index (χ0) is 14.7. The Morgan fingerprint density at radius 3 is 2.35 bits per heavy atom. The Bertz CT molecular complexity index is 638. The van der Waals surface area contributed by atoms with Crippen molar-refractivity contribution < 1.29 is 14.7 Å². The lowest BCUT2D eigenvalue weighted by Crippen LogP contribution is -2.27. The Balaban J connectivity index is 2.08.